The third kappa shape index (κ3) is 1.59. The summed E-state index contributed by atoms with van der Waals surface area (Å²) in [5.41, 5.74) is 0.480. The molecule has 0 radical (unpaired) electrons. The van der Waals surface area contributed by atoms with Gasteiger partial charge in [0.2, 0.25) is 0 Å². The van der Waals surface area contributed by atoms with E-state index in [0.29, 0.717) is 24.2 Å². The molecule has 0 aliphatic heterocycles. The number of nitrogens with zero attached hydrogens (tertiary/aromatic N) is 2. The Bertz CT molecular complexity index is 600. The third-order valence-electron chi connectivity index (χ3n) is 3.33. The van der Waals surface area contributed by atoms with Crippen LogP contribution in [-0.4, -0.2) is 20.9 Å². The molecule has 1 aromatic heterocycles. The van der Waals surface area contributed by atoms with Gasteiger partial charge in [-0.1, -0.05) is 0 Å². The lowest BCUT2D eigenvalue weighted by molar-refractivity contribution is -0.140. The number of hydrogen-bond donors (Lipinski definition) is 1. The van der Waals surface area contributed by atoms with Crippen LogP contribution >= 0.6 is 0 Å². The number of rotatable bonds is 3. The zero-order valence-corrected chi connectivity index (χ0v) is 9.51. The molecule has 0 bridgehead atoms. The number of carboxylic acid groups (broad SMARTS) is 1. The number of aromatic nitrogens is 2. The van der Waals surface area contributed by atoms with Crippen molar-refractivity contribution < 1.29 is 14.3 Å². The van der Waals surface area contributed by atoms with Gasteiger partial charge in [0.05, 0.1) is 11.4 Å². The van der Waals surface area contributed by atoms with E-state index in [0.717, 1.165) is 0 Å². The van der Waals surface area contributed by atoms with Crippen molar-refractivity contribution in [2.45, 2.75) is 18.3 Å². The predicted octanol–water partition coefficient (Wildman–Crippen LogP) is 2.13. The first-order valence-corrected chi connectivity index (χ1v) is 5.67. The molecule has 3 rings (SSSR count). The minimum Gasteiger partial charge on any atom is -0.481 e. The van der Waals surface area contributed by atoms with E-state index < -0.39 is 11.4 Å². The first-order chi connectivity index (χ1) is 8.62. The molecular formula is C13H11FN2O2. The molecule has 0 saturated heterocycles. The van der Waals surface area contributed by atoms with Gasteiger partial charge in [-0.25, -0.2) is 9.07 Å². The van der Waals surface area contributed by atoms with Crippen LogP contribution in [0.5, 0.6) is 0 Å². The van der Waals surface area contributed by atoms with Crippen LogP contribution in [0.25, 0.3) is 5.69 Å². The van der Waals surface area contributed by atoms with Crippen LogP contribution in [0.3, 0.4) is 0 Å². The average molecular weight is 246 g/mol. The third-order valence-corrected chi connectivity index (χ3v) is 3.33. The summed E-state index contributed by atoms with van der Waals surface area (Å²) in [7, 11) is 0. The van der Waals surface area contributed by atoms with Crippen LogP contribution in [0.1, 0.15) is 18.5 Å². The van der Waals surface area contributed by atoms with Gasteiger partial charge in [-0.05, 0) is 43.2 Å². The molecular weight excluding hydrogens is 235 g/mol. The number of carbonyl (C=O) groups is 1. The topological polar surface area (TPSA) is 55.1 Å². The van der Waals surface area contributed by atoms with Gasteiger partial charge in [-0.15, -0.1) is 0 Å². The van der Waals surface area contributed by atoms with Gasteiger partial charge in [-0.3, -0.25) is 4.79 Å². The Morgan fingerprint density at radius 1 is 1.28 bits per heavy atom. The first-order valence-electron chi connectivity index (χ1n) is 5.67. The van der Waals surface area contributed by atoms with Crippen molar-refractivity contribution in [1.82, 2.24) is 9.78 Å². The number of carboxylic acids is 1. The molecule has 18 heavy (non-hydrogen) atoms. The average Bonchev–Trinajstić information content (AvgIpc) is 3.03. The summed E-state index contributed by atoms with van der Waals surface area (Å²) in [4.78, 5) is 11.2. The van der Waals surface area contributed by atoms with Crippen molar-refractivity contribution in [3.8, 4) is 5.69 Å². The molecule has 4 nitrogen and oxygen atoms in total. The van der Waals surface area contributed by atoms with Gasteiger partial charge in [0.25, 0.3) is 0 Å². The molecule has 1 aliphatic rings. The Kier molecular flexibility index (Phi) is 2.23. The zero-order valence-electron chi connectivity index (χ0n) is 9.51. The quantitative estimate of drug-likeness (QED) is 0.902. The maximum atomic E-state index is 12.8. The maximum absolute atomic E-state index is 12.8. The van der Waals surface area contributed by atoms with E-state index in [1.165, 1.54) is 12.1 Å². The van der Waals surface area contributed by atoms with Crippen molar-refractivity contribution in [3.63, 3.8) is 0 Å². The molecule has 2 aromatic rings. The Labute approximate surface area is 103 Å². The van der Waals surface area contributed by atoms with Gasteiger partial charge < -0.3 is 5.11 Å². The van der Waals surface area contributed by atoms with E-state index in [-0.39, 0.29) is 5.82 Å². The van der Waals surface area contributed by atoms with Crippen LogP contribution in [0.15, 0.2) is 36.5 Å². The number of hydrogen-bond acceptors (Lipinski definition) is 2. The Morgan fingerprint density at radius 2 is 1.94 bits per heavy atom. The standard InChI is InChI=1S/C13H11FN2O2/c14-9-1-3-10(4-2-9)16-8-5-11(15-16)13(6-7-13)12(17)18/h1-5,8H,6-7H2,(H,17,18). The molecule has 1 fully saturated rings. The molecule has 1 aliphatic carbocycles. The van der Waals surface area contributed by atoms with Gasteiger partial charge >= 0.3 is 5.97 Å². The van der Waals surface area contributed by atoms with Crippen LogP contribution in [0.2, 0.25) is 0 Å². The lowest BCUT2D eigenvalue weighted by atomic mass is 10.0. The van der Waals surface area contributed by atoms with E-state index in [4.69, 9.17) is 0 Å². The molecule has 0 atom stereocenters. The highest BCUT2D eigenvalue weighted by molar-refractivity contribution is 5.84. The highest BCUT2D eigenvalue weighted by Crippen LogP contribution is 2.47. The summed E-state index contributed by atoms with van der Waals surface area (Å²) < 4.78 is 14.4. The Balaban J connectivity index is 1.95. The first kappa shape index (κ1) is 11.0. The second-order valence-corrected chi connectivity index (χ2v) is 4.51. The summed E-state index contributed by atoms with van der Waals surface area (Å²) in [6.45, 7) is 0. The van der Waals surface area contributed by atoms with Crippen LogP contribution in [0, 0.1) is 5.82 Å². The molecule has 0 spiro atoms. The molecule has 92 valence electrons. The van der Waals surface area contributed by atoms with E-state index in [2.05, 4.69) is 5.10 Å². The van der Waals surface area contributed by atoms with Crippen molar-refractivity contribution in [3.05, 3.63) is 48.0 Å². The van der Waals surface area contributed by atoms with Crippen molar-refractivity contribution in [2.24, 2.45) is 0 Å². The zero-order chi connectivity index (χ0) is 12.8. The highest BCUT2D eigenvalue weighted by Gasteiger charge is 2.53. The second kappa shape index (κ2) is 3.66. The van der Waals surface area contributed by atoms with Crippen LogP contribution in [-0.2, 0) is 10.2 Å². The van der Waals surface area contributed by atoms with Crippen molar-refractivity contribution in [1.29, 1.82) is 0 Å². The van der Waals surface area contributed by atoms with Gasteiger partial charge in [0.15, 0.2) is 0 Å². The van der Waals surface area contributed by atoms with Gasteiger partial charge in [0, 0.05) is 6.20 Å². The molecule has 1 aromatic carbocycles. The van der Waals surface area contributed by atoms with Gasteiger partial charge in [0.1, 0.15) is 11.2 Å². The van der Waals surface area contributed by atoms with Crippen molar-refractivity contribution in [2.75, 3.05) is 0 Å². The minimum absolute atomic E-state index is 0.310. The Morgan fingerprint density at radius 3 is 2.50 bits per heavy atom. The largest absolute Gasteiger partial charge is 0.481 e. The lowest BCUT2D eigenvalue weighted by Gasteiger charge is -2.05. The highest BCUT2D eigenvalue weighted by atomic mass is 19.1. The normalized spacial score (nSPS) is 16.5. The molecule has 0 unspecified atom stereocenters. The second-order valence-electron chi connectivity index (χ2n) is 4.51. The number of halogens is 1. The summed E-state index contributed by atoms with van der Waals surface area (Å²) in [6.07, 6.45) is 2.96. The summed E-state index contributed by atoms with van der Waals surface area (Å²) in [5, 5.41) is 13.5. The van der Waals surface area contributed by atoms with Crippen LogP contribution in [0.4, 0.5) is 4.39 Å². The molecule has 1 N–H and O–H groups in total. The number of benzene rings is 1. The SMILES string of the molecule is O=C(O)C1(c2ccn(-c3ccc(F)cc3)n2)CC1. The van der Waals surface area contributed by atoms with Gasteiger partial charge in [-0.2, -0.15) is 5.10 Å². The van der Waals surface area contributed by atoms with Crippen molar-refractivity contribution >= 4 is 5.97 Å². The fourth-order valence-corrected chi connectivity index (χ4v) is 2.02. The minimum atomic E-state index is -0.827. The van der Waals surface area contributed by atoms with E-state index >= 15 is 0 Å². The fraction of sp³-hybridized carbons (Fsp3) is 0.231. The van der Waals surface area contributed by atoms with E-state index in [1.807, 2.05) is 0 Å². The maximum Gasteiger partial charge on any atom is 0.315 e. The van der Waals surface area contributed by atoms with E-state index in [9.17, 15) is 14.3 Å². The van der Waals surface area contributed by atoms with E-state index in [1.54, 1.807) is 29.1 Å². The monoisotopic (exact) mass is 246 g/mol. The molecule has 1 heterocycles. The summed E-state index contributed by atoms with van der Waals surface area (Å²) in [6, 6.07) is 7.62. The van der Waals surface area contributed by atoms with Crippen LogP contribution < -0.4 is 0 Å². The molecule has 1 saturated carbocycles. The molecule has 5 heteroatoms. The smallest absolute Gasteiger partial charge is 0.315 e. The Hall–Kier alpha value is -2.17. The fourth-order valence-electron chi connectivity index (χ4n) is 2.02. The predicted molar refractivity (Wildman–Crippen MR) is 62.1 cm³/mol. The number of aliphatic carboxylic acids is 1. The molecule has 0 amide bonds. The summed E-state index contributed by atoms with van der Waals surface area (Å²) >= 11 is 0. The summed E-state index contributed by atoms with van der Waals surface area (Å²) in [5.74, 6) is -1.14. The lowest BCUT2D eigenvalue weighted by Crippen LogP contribution is -2.20.